The van der Waals surface area contributed by atoms with E-state index in [1.807, 2.05) is 18.2 Å². The van der Waals surface area contributed by atoms with Crippen molar-refractivity contribution in [1.29, 1.82) is 5.26 Å². The second kappa shape index (κ2) is 7.43. The fourth-order valence-electron chi connectivity index (χ4n) is 3.90. The molecule has 2 atom stereocenters. The van der Waals surface area contributed by atoms with Crippen LogP contribution in [0.1, 0.15) is 33.9 Å². The third kappa shape index (κ3) is 3.92. The van der Waals surface area contributed by atoms with E-state index in [4.69, 9.17) is 10.00 Å². The smallest absolute Gasteiger partial charge is 0.393 e. The summed E-state index contributed by atoms with van der Waals surface area (Å²) in [4.78, 5) is 16.8. The monoisotopic (exact) mass is 404 g/mol. The Hall–Kier alpha value is -3.02. The maximum absolute atomic E-state index is 13.0. The number of benzene rings is 1. The third-order valence-corrected chi connectivity index (χ3v) is 5.41. The molecule has 0 bridgehead atoms. The molecule has 152 valence electrons. The number of rotatable bonds is 3. The first-order valence-corrected chi connectivity index (χ1v) is 9.39. The van der Waals surface area contributed by atoms with Crippen LogP contribution in [-0.4, -0.2) is 34.3 Å². The Morgan fingerprint density at radius 3 is 3.00 bits per heavy atom. The molecule has 1 aromatic carbocycles. The summed E-state index contributed by atoms with van der Waals surface area (Å²) < 4.78 is 46.1. The molecule has 0 saturated heterocycles. The zero-order valence-electron chi connectivity index (χ0n) is 15.5. The fraction of sp³-hybridized carbons (Fsp3) is 0.450. The van der Waals surface area contributed by atoms with E-state index in [9.17, 15) is 18.0 Å². The average Bonchev–Trinajstić information content (AvgIpc) is 3.11. The van der Waals surface area contributed by atoms with E-state index in [-0.39, 0.29) is 44.1 Å². The lowest BCUT2D eigenvalue weighted by atomic mass is 9.95. The van der Waals surface area contributed by atoms with Crippen LogP contribution in [0, 0.1) is 17.2 Å². The van der Waals surface area contributed by atoms with Crippen LogP contribution < -0.4 is 10.1 Å². The van der Waals surface area contributed by atoms with Crippen molar-refractivity contribution < 1.29 is 22.7 Å². The van der Waals surface area contributed by atoms with Crippen molar-refractivity contribution in [1.82, 2.24) is 14.9 Å². The highest BCUT2D eigenvalue weighted by molar-refractivity contribution is 5.92. The number of aryl methyl sites for hydroxylation is 1. The van der Waals surface area contributed by atoms with Crippen molar-refractivity contribution in [2.75, 3.05) is 6.61 Å². The van der Waals surface area contributed by atoms with Gasteiger partial charge >= 0.3 is 6.18 Å². The number of fused-ring (bicyclic) bond motifs is 2. The summed E-state index contributed by atoms with van der Waals surface area (Å²) in [6, 6.07) is 7.33. The van der Waals surface area contributed by atoms with Gasteiger partial charge in [-0.25, -0.2) is 4.98 Å². The zero-order valence-corrected chi connectivity index (χ0v) is 15.5. The van der Waals surface area contributed by atoms with E-state index in [2.05, 4.69) is 16.4 Å². The minimum absolute atomic E-state index is 0.0174. The Balaban J connectivity index is 1.45. The Morgan fingerprint density at radius 1 is 1.41 bits per heavy atom. The average molecular weight is 404 g/mol. The highest BCUT2D eigenvalue weighted by Crippen LogP contribution is 2.34. The lowest BCUT2D eigenvalue weighted by Gasteiger charge is -2.27. The van der Waals surface area contributed by atoms with Gasteiger partial charge in [0.2, 0.25) is 0 Å². The molecule has 2 aliphatic rings. The predicted octanol–water partition coefficient (Wildman–Crippen LogP) is 2.81. The predicted molar refractivity (Wildman–Crippen MR) is 96.3 cm³/mol. The molecule has 0 radical (unpaired) electrons. The molecule has 2 aliphatic heterocycles. The maximum atomic E-state index is 13.0. The van der Waals surface area contributed by atoms with Crippen LogP contribution in [0.25, 0.3) is 0 Å². The van der Waals surface area contributed by atoms with Crippen molar-refractivity contribution in [2.24, 2.45) is 5.92 Å². The van der Waals surface area contributed by atoms with Crippen LogP contribution in [0.15, 0.2) is 24.4 Å². The number of carbonyl (C=O) groups is 1. The van der Waals surface area contributed by atoms with Gasteiger partial charge in [-0.1, -0.05) is 12.1 Å². The van der Waals surface area contributed by atoms with E-state index in [1.54, 1.807) is 0 Å². The molecule has 2 aromatic rings. The number of ether oxygens (including phenoxy) is 1. The molecule has 4 rings (SSSR count). The Morgan fingerprint density at radius 2 is 2.24 bits per heavy atom. The number of imidazole rings is 1. The summed E-state index contributed by atoms with van der Waals surface area (Å²) in [7, 11) is 0. The van der Waals surface area contributed by atoms with Gasteiger partial charge in [0.25, 0.3) is 5.91 Å². The third-order valence-electron chi connectivity index (χ3n) is 5.41. The van der Waals surface area contributed by atoms with Crippen molar-refractivity contribution in [3.8, 4) is 11.8 Å². The van der Waals surface area contributed by atoms with E-state index in [0.717, 1.165) is 11.1 Å². The van der Waals surface area contributed by atoms with Crippen molar-refractivity contribution in [3.63, 3.8) is 0 Å². The SMILES string of the molecule is N#CCc1cccc2c1CC(NC(=O)c1cn3c(n1)CCC(C(F)(F)F)C3)CO2. The first kappa shape index (κ1) is 19.3. The highest BCUT2D eigenvalue weighted by Gasteiger charge is 2.41. The van der Waals surface area contributed by atoms with Gasteiger partial charge in [-0.3, -0.25) is 4.79 Å². The second-order valence-corrected chi connectivity index (χ2v) is 7.39. The Kier molecular flexibility index (Phi) is 4.94. The van der Waals surface area contributed by atoms with Gasteiger partial charge in [-0.05, 0) is 24.5 Å². The highest BCUT2D eigenvalue weighted by atomic mass is 19.4. The quantitative estimate of drug-likeness (QED) is 0.853. The van der Waals surface area contributed by atoms with Crippen molar-refractivity contribution in [2.45, 2.75) is 44.4 Å². The second-order valence-electron chi connectivity index (χ2n) is 7.39. The molecule has 0 fully saturated rings. The first-order valence-electron chi connectivity index (χ1n) is 9.39. The summed E-state index contributed by atoms with van der Waals surface area (Å²) in [5, 5.41) is 11.8. The molecule has 0 aliphatic carbocycles. The van der Waals surface area contributed by atoms with Gasteiger partial charge in [0.15, 0.2) is 0 Å². The summed E-state index contributed by atoms with van der Waals surface area (Å²) >= 11 is 0. The number of nitrogens with one attached hydrogen (secondary N) is 1. The number of nitriles is 1. The molecule has 29 heavy (non-hydrogen) atoms. The summed E-state index contributed by atoms with van der Waals surface area (Å²) in [6.07, 6.45) is -1.92. The van der Waals surface area contributed by atoms with Crippen molar-refractivity contribution in [3.05, 3.63) is 47.0 Å². The van der Waals surface area contributed by atoms with E-state index in [0.29, 0.717) is 18.0 Å². The van der Waals surface area contributed by atoms with Gasteiger partial charge in [-0.15, -0.1) is 0 Å². The van der Waals surface area contributed by atoms with Crippen LogP contribution in [0.3, 0.4) is 0 Å². The standard InChI is InChI=1S/C20H19F3N4O2/c21-20(22,23)13-4-5-18-26-16(10-27(18)9-13)19(28)25-14-8-15-12(6-7-24)2-1-3-17(15)29-11-14/h1-3,10,13-14H,4-6,8-9,11H2,(H,25,28). The molecule has 1 aromatic heterocycles. The first-order chi connectivity index (χ1) is 13.8. The number of halogens is 3. The molecule has 0 spiro atoms. The molecular formula is C20H19F3N4O2. The van der Waals surface area contributed by atoms with Gasteiger partial charge in [-0.2, -0.15) is 18.4 Å². The van der Waals surface area contributed by atoms with E-state index < -0.39 is 18.0 Å². The summed E-state index contributed by atoms with van der Waals surface area (Å²) in [5.41, 5.74) is 1.86. The molecule has 0 saturated carbocycles. The topological polar surface area (TPSA) is 79.9 Å². The molecule has 6 nitrogen and oxygen atoms in total. The normalized spacial score (nSPS) is 20.8. The van der Waals surface area contributed by atoms with Gasteiger partial charge < -0.3 is 14.6 Å². The molecule has 2 unspecified atom stereocenters. The number of aromatic nitrogens is 2. The number of hydrogen-bond donors (Lipinski definition) is 1. The van der Waals surface area contributed by atoms with E-state index >= 15 is 0 Å². The summed E-state index contributed by atoms with van der Waals surface area (Å²) in [5.74, 6) is -0.650. The number of carbonyl (C=O) groups excluding carboxylic acids is 1. The van der Waals surface area contributed by atoms with Crippen LogP contribution >= 0.6 is 0 Å². The molecule has 1 N–H and O–H groups in total. The van der Waals surface area contributed by atoms with Gasteiger partial charge in [0.1, 0.15) is 23.9 Å². The van der Waals surface area contributed by atoms with Crippen LogP contribution in [0.5, 0.6) is 5.75 Å². The van der Waals surface area contributed by atoms with Crippen LogP contribution in [0.2, 0.25) is 0 Å². The van der Waals surface area contributed by atoms with Gasteiger partial charge in [0.05, 0.1) is 24.4 Å². The lowest BCUT2D eigenvalue weighted by Crippen LogP contribution is -2.43. The number of alkyl halides is 3. The molecule has 3 heterocycles. The minimum Gasteiger partial charge on any atom is -0.491 e. The lowest BCUT2D eigenvalue weighted by molar-refractivity contribution is -0.182. The van der Waals surface area contributed by atoms with Crippen LogP contribution in [0.4, 0.5) is 13.2 Å². The number of hydrogen-bond acceptors (Lipinski definition) is 4. The largest absolute Gasteiger partial charge is 0.491 e. The zero-order chi connectivity index (χ0) is 20.6. The molecular weight excluding hydrogens is 385 g/mol. The maximum Gasteiger partial charge on any atom is 0.393 e. The minimum atomic E-state index is -4.25. The Bertz CT molecular complexity index is 977. The van der Waals surface area contributed by atoms with Crippen LogP contribution in [-0.2, 0) is 25.8 Å². The number of amides is 1. The van der Waals surface area contributed by atoms with Crippen molar-refractivity contribution >= 4 is 5.91 Å². The fourth-order valence-corrected chi connectivity index (χ4v) is 3.90. The summed E-state index contributed by atoms with van der Waals surface area (Å²) in [6.45, 7) is 0.0645. The molecule has 1 amide bonds. The molecule has 9 heteroatoms. The Labute approximate surface area is 165 Å². The number of nitrogens with zero attached hydrogens (tertiary/aromatic N) is 3. The van der Waals surface area contributed by atoms with Gasteiger partial charge in [0, 0.05) is 24.7 Å². The van der Waals surface area contributed by atoms with E-state index in [1.165, 1.54) is 10.8 Å².